The van der Waals surface area contributed by atoms with E-state index >= 15 is 0 Å². The molecule has 0 bridgehead atoms. The third kappa shape index (κ3) is 4.28. The summed E-state index contributed by atoms with van der Waals surface area (Å²) in [5, 5.41) is 12.1. The Balaban J connectivity index is 1.75. The van der Waals surface area contributed by atoms with Gasteiger partial charge in [-0.15, -0.1) is 10.2 Å². The van der Waals surface area contributed by atoms with Crippen LogP contribution in [0.1, 0.15) is 37.8 Å². The van der Waals surface area contributed by atoms with E-state index in [2.05, 4.69) is 35.4 Å². The molecule has 1 atom stereocenters. The molecule has 1 unspecified atom stereocenters. The number of amides is 1. The van der Waals surface area contributed by atoms with Crippen molar-refractivity contribution in [2.45, 2.75) is 44.0 Å². The number of hydrogen-bond donors (Lipinski definition) is 1. The first kappa shape index (κ1) is 20.1. The maximum Gasteiger partial charge on any atom is 0.237 e. The number of benzene rings is 2. The molecule has 0 aliphatic carbocycles. The van der Waals surface area contributed by atoms with Crippen molar-refractivity contribution in [3.63, 3.8) is 0 Å². The van der Waals surface area contributed by atoms with Crippen LogP contribution in [-0.4, -0.2) is 25.9 Å². The van der Waals surface area contributed by atoms with Gasteiger partial charge in [0.05, 0.1) is 5.25 Å². The van der Waals surface area contributed by atoms with Crippen LogP contribution < -0.4 is 5.32 Å². The molecule has 1 amide bonds. The second kappa shape index (κ2) is 8.61. The van der Waals surface area contributed by atoms with Gasteiger partial charge in [-0.2, -0.15) is 0 Å². The van der Waals surface area contributed by atoms with Gasteiger partial charge in [0.25, 0.3) is 0 Å². The van der Waals surface area contributed by atoms with Crippen molar-refractivity contribution >= 4 is 23.4 Å². The van der Waals surface area contributed by atoms with Gasteiger partial charge in [-0.25, -0.2) is 0 Å². The van der Waals surface area contributed by atoms with E-state index in [1.54, 1.807) is 0 Å². The molecule has 0 saturated heterocycles. The molecule has 1 aromatic heterocycles. The fourth-order valence-corrected chi connectivity index (χ4v) is 3.85. The number of thioether (sulfide) groups is 1. The number of para-hydroxylation sites is 1. The molecule has 0 saturated carbocycles. The summed E-state index contributed by atoms with van der Waals surface area (Å²) >= 11 is 1.41. The van der Waals surface area contributed by atoms with Crippen LogP contribution in [0.15, 0.2) is 53.7 Å². The summed E-state index contributed by atoms with van der Waals surface area (Å²) in [4.78, 5) is 12.8. The number of anilines is 1. The Morgan fingerprint density at radius 3 is 2.43 bits per heavy atom. The van der Waals surface area contributed by atoms with Gasteiger partial charge >= 0.3 is 0 Å². The Kier molecular flexibility index (Phi) is 6.19. The zero-order valence-electron chi connectivity index (χ0n) is 16.9. The van der Waals surface area contributed by atoms with E-state index in [0.29, 0.717) is 5.92 Å². The van der Waals surface area contributed by atoms with Gasteiger partial charge in [0.2, 0.25) is 5.91 Å². The van der Waals surface area contributed by atoms with Crippen LogP contribution >= 0.6 is 11.8 Å². The number of rotatable bonds is 6. The van der Waals surface area contributed by atoms with Crippen molar-refractivity contribution in [1.82, 2.24) is 14.8 Å². The van der Waals surface area contributed by atoms with Gasteiger partial charge in [0, 0.05) is 18.3 Å². The second-order valence-electron chi connectivity index (χ2n) is 7.17. The number of nitrogens with one attached hydrogen (secondary N) is 1. The van der Waals surface area contributed by atoms with E-state index in [1.807, 2.05) is 67.9 Å². The molecule has 2 aromatic carbocycles. The monoisotopic (exact) mass is 394 g/mol. The van der Waals surface area contributed by atoms with Gasteiger partial charge < -0.3 is 9.88 Å². The van der Waals surface area contributed by atoms with Crippen LogP contribution in [0.25, 0.3) is 11.4 Å². The van der Waals surface area contributed by atoms with E-state index in [1.165, 1.54) is 11.8 Å². The lowest BCUT2D eigenvalue weighted by atomic mass is 9.98. The minimum atomic E-state index is -0.300. The molecule has 3 aromatic rings. The lowest BCUT2D eigenvalue weighted by molar-refractivity contribution is -0.115. The summed E-state index contributed by atoms with van der Waals surface area (Å²) in [6, 6.07) is 16.0. The topological polar surface area (TPSA) is 59.8 Å². The van der Waals surface area contributed by atoms with Crippen LogP contribution in [0, 0.1) is 6.92 Å². The average Bonchev–Trinajstić information content (AvgIpc) is 3.04. The third-order valence-corrected chi connectivity index (χ3v) is 5.83. The Morgan fingerprint density at radius 2 is 1.75 bits per heavy atom. The zero-order chi connectivity index (χ0) is 20.3. The highest BCUT2D eigenvalue weighted by molar-refractivity contribution is 8.00. The largest absolute Gasteiger partial charge is 0.325 e. The quantitative estimate of drug-likeness (QED) is 0.596. The molecular weight excluding hydrogens is 368 g/mol. The molecule has 28 heavy (non-hydrogen) atoms. The molecule has 5 nitrogen and oxygen atoms in total. The van der Waals surface area contributed by atoms with Crippen LogP contribution in [0.5, 0.6) is 0 Å². The molecule has 1 N–H and O–H groups in total. The second-order valence-corrected chi connectivity index (χ2v) is 8.48. The number of nitrogens with zero attached hydrogens (tertiary/aromatic N) is 3. The zero-order valence-corrected chi connectivity index (χ0v) is 17.7. The van der Waals surface area contributed by atoms with Gasteiger partial charge in [-0.1, -0.05) is 74.1 Å². The van der Waals surface area contributed by atoms with E-state index < -0.39 is 0 Å². The Bertz CT molecular complexity index is 966. The van der Waals surface area contributed by atoms with Crippen molar-refractivity contribution in [1.29, 1.82) is 0 Å². The Labute approximate surface area is 170 Å². The van der Waals surface area contributed by atoms with Gasteiger partial charge in [0.1, 0.15) is 0 Å². The Morgan fingerprint density at radius 1 is 1.04 bits per heavy atom. The van der Waals surface area contributed by atoms with Crippen molar-refractivity contribution in [2.24, 2.45) is 7.05 Å². The molecule has 0 fully saturated rings. The van der Waals surface area contributed by atoms with Crippen molar-refractivity contribution < 1.29 is 4.79 Å². The maximum atomic E-state index is 12.8. The van der Waals surface area contributed by atoms with E-state index in [4.69, 9.17) is 0 Å². The number of carbonyl (C=O) groups excluding carboxylic acids is 1. The lowest BCUT2D eigenvalue weighted by Crippen LogP contribution is -2.24. The minimum absolute atomic E-state index is 0.0366. The molecule has 0 aliphatic heterocycles. The summed E-state index contributed by atoms with van der Waals surface area (Å²) in [5.41, 5.74) is 4.14. The molecule has 0 radical (unpaired) electrons. The highest BCUT2D eigenvalue weighted by Gasteiger charge is 2.21. The SMILES string of the molecule is Cc1cccc(C(C)C)c1NC(=O)C(C)Sc1nnc(-c2ccccc2)n1C. The Hall–Kier alpha value is -2.60. The first-order valence-corrected chi connectivity index (χ1v) is 10.3. The third-order valence-electron chi connectivity index (χ3n) is 4.69. The maximum absolute atomic E-state index is 12.8. The molecule has 1 heterocycles. The smallest absolute Gasteiger partial charge is 0.237 e. The summed E-state index contributed by atoms with van der Waals surface area (Å²) in [6.45, 7) is 8.18. The predicted molar refractivity (Wildman–Crippen MR) is 116 cm³/mol. The summed E-state index contributed by atoms with van der Waals surface area (Å²) in [7, 11) is 1.92. The fraction of sp³-hybridized carbons (Fsp3) is 0.318. The molecule has 3 rings (SSSR count). The number of aromatic nitrogens is 3. The van der Waals surface area contributed by atoms with Crippen molar-refractivity contribution in [3.05, 3.63) is 59.7 Å². The average molecular weight is 395 g/mol. The number of hydrogen-bond acceptors (Lipinski definition) is 4. The number of aryl methyl sites for hydroxylation is 1. The highest BCUT2D eigenvalue weighted by Crippen LogP contribution is 2.30. The molecule has 0 spiro atoms. The minimum Gasteiger partial charge on any atom is -0.325 e. The van der Waals surface area contributed by atoms with Gasteiger partial charge in [-0.05, 0) is 30.9 Å². The summed E-state index contributed by atoms with van der Waals surface area (Å²) in [6.07, 6.45) is 0. The van der Waals surface area contributed by atoms with Crippen LogP contribution in [0.3, 0.4) is 0 Å². The van der Waals surface area contributed by atoms with Crippen LogP contribution in [-0.2, 0) is 11.8 Å². The molecule has 6 heteroatoms. The first-order valence-electron chi connectivity index (χ1n) is 9.40. The highest BCUT2D eigenvalue weighted by atomic mass is 32.2. The van der Waals surface area contributed by atoms with Crippen LogP contribution in [0.4, 0.5) is 5.69 Å². The first-order chi connectivity index (χ1) is 13.4. The van der Waals surface area contributed by atoms with Crippen LogP contribution in [0.2, 0.25) is 0 Å². The van der Waals surface area contributed by atoms with Crippen molar-refractivity contribution in [3.8, 4) is 11.4 Å². The summed E-state index contributed by atoms with van der Waals surface area (Å²) < 4.78 is 1.93. The normalized spacial score (nSPS) is 12.2. The molecule has 146 valence electrons. The van der Waals surface area contributed by atoms with Gasteiger partial charge in [0.15, 0.2) is 11.0 Å². The van der Waals surface area contributed by atoms with Crippen molar-refractivity contribution in [2.75, 3.05) is 5.32 Å². The predicted octanol–water partition coefficient (Wildman–Crippen LogP) is 5.03. The van der Waals surface area contributed by atoms with E-state index in [0.717, 1.165) is 33.4 Å². The van der Waals surface area contributed by atoms with E-state index in [-0.39, 0.29) is 11.2 Å². The van der Waals surface area contributed by atoms with Gasteiger partial charge in [-0.3, -0.25) is 4.79 Å². The van der Waals surface area contributed by atoms with E-state index in [9.17, 15) is 4.79 Å². The fourth-order valence-electron chi connectivity index (χ4n) is 3.03. The summed E-state index contributed by atoms with van der Waals surface area (Å²) in [5.74, 6) is 1.09. The standard InChI is InChI=1S/C22H26N4OS/c1-14(2)18-13-9-10-15(3)19(18)23-21(27)16(4)28-22-25-24-20(26(22)5)17-11-7-6-8-12-17/h6-14,16H,1-5H3,(H,23,27). The molecule has 0 aliphatic rings. The lowest BCUT2D eigenvalue weighted by Gasteiger charge is -2.18. The number of carbonyl (C=O) groups is 1. The molecular formula is C22H26N4OS.